The van der Waals surface area contributed by atoms with E-state index in [1.54, 1.807) is 13.0 Å². The van der Waals surface area contributed by atoms with Gasteiger partial charge in [-0.3, -0.25) is 10.1 Å². The highest BCUT2D eigenvalue weighted by molar-refractivity contribution is 6.31. The van der Waals surface area contributed by atoms with Crippen LogP contribution in [0.15, 0.2) is 48.7 Å². The molecule has 7 nitrogen and oxygen atoms in total. The first kappa shape index (κ1) is 21.7. The highest BCUT2D eigenvalue weighted by atomic mass is 35.5. The highest BCUT2D eigenvalue weighted by Crippen LogP contribution is 2.30. The minimum atomic E-state index is -1.22. The molecule has 31 heavy (non-hydrogen) atoms. The minimum Gasteiger partial charge on any atom is -0.437 e. The van der Waals surface area contributed by atoms with E-state index in [1.165, 1.54) is 24.4 Å². The van der Waals surface area contributed by atoms with Crippen LogP contribution in [0, 0.1) is 29.9 Å². The Kier molecular flexibility index (Phi) is 6.43. The summed E-state index contributed by atoms with van der Waals surface area (Å²) in [6.07, 6.45) is 1.31. The second kappa shape index (κ2) is 9.19. The van der Waals surface area contributed by atoms with Crippen molar-refractivity contribution in [3.05, 3.63) is 82.0 Å². The van der Waals surface area contributed by atoms with Crippen molar-refractivity contribution in [1.82, 2.24) is 10.3 Å². The lowest BCUT2D eigenvalue weighted by atomic mass is 10.2. The molecule has 0 spiro atoms. The molecule has 0 saturated carbocycles. The molecule has 3 rings (SSSR count). The van der Waals surface area contributed by atoms with Gasteiger partial charge in [0.15, 0.2) is 0 Å². The molecule has 0 fully saturated rings. The molecule has 156 valence electrons. The van der Waals surface area contributed by atoms with E-state index in [1.807, 2.05) is 11.4 Å². The van der Waals surface area contributed by atoms with Gasteiger partial charge in [-0.2, -0.15) is 5.26 Å². The van der Waals surface area contributed by atoms with E-state index in [-0.39, 0.29) is 16.5 Å². The van der Waals surface area contributed by atoms with Crippen LogP contribution in [-0.2, 0) is 0 Å². The number of hydrogen-bond acceptors (Lipinski definition) is 5. The van der Waals surface area contributed by atoms with Crippen LogP contribution < -0.4 is 15.4 Å². The SMILES string of the molecule is Cc1cc(NC(=O)NC(=O)c2c(F)cccc2F)ccc1Oc1ncc(C#N)cc1Cl. The average Bonchev–Trinajstić information content (AvgIpc) is 2.71. The normalized spacial score (nSPS) is 10.2. The van der Waals surface area contributed by atoms with Crippen LogP contribution in [0.25, 0.3) is 0 Å². The summed E-state index contributed by atoms with van der Waals surface area (Å²) in [5.41, 5.74) is 0.309. The molecule has 10 heteroatoms. The van der Waals surface area contributed by atoms with Gasteiger partial charge in [0.25, 0.3) is 5.91 Å². The lowest BCUT2D eigenvalue weighted by molar-refractivity contribution is 0.0959. The largest absolute Gasteiger partial charge is 0.437 e. The number of carbonyl (C=O) groups is 2. The fraction of sp³-hybridized carbons (Fsp3) is 0.0476. The van der Waals surface area contributed by atoms with Crippen molar-refractivity contribution in [1.29, 1.82) is 5.26 Å². The molecular formula is C21H13ClF2N4O3. The number of rotatable bonds is 4. The van der Waals surface area contributed by atoms with Crippen LogP contribution in [0.4, 0.5) is 19.3 Å². The van der Waals surface area contributed by atoms with E-state index in [9.17, 15) is 18.4 Å². The van der Waals surface area contributed by atoms with Gasteiger partial charge >= 0.3 is 6.03 Å². The molecule has 0 radical (unpaired) electrons. The number of carbonyl (C=O) groups excluding carboxylic acids is 2. The van der Waals surface area contributed by atoms with E-state index < -0.39 is 29.1 Å². The first-order valence-corrected chi connectivity index (χ1v) is 9.06. The van der Waals surface area contributed by atoms with Gasteiger partial charge in [0.1, 0.15) is 34.0 Å². The summed E-state index contributed by atoms with van der Waals surface area (Å²) >= 11 is 6.04. The molecule has 0 bridgehead atoms. The number of nitrogens with one attached hydrogen (secondary N) is 2. The van der Waals surface area contributed by atoms with E-state index in [4.69, 9.17) is 21.6 Å². The quantitative estimate of drug-likeness (QED) is 0.595. The third kappa shape index (κ3) is 5.12. The number of amides is 3. The molecule has 0 unspecified atom stereocenters. The lowest BCUT2D eigenvalue weighted by Gasteiger charge is -2.12. The van der Waals surface area contributed by atoms with E-state index >= 15 is 0 Å². The van der Waals surface area contributed by atoms with E-state index in [0.717, 1.165) is 18.2 Å². The Labute approximate surface area is 180 Å². The second-order valence-corrected chi connectivity index (χ2v) is 6.62. The van der Waals surface area contributed by atoms with Crippen molar-refractivity contribution >= 4 is 29.2 Å². The molecule has 0 atom stereocenters. The highest BCUT2D eigenvalue weighted by Gasteiger charge is 2.19. The van der Waals surface area contributed by atoms with Gasteiger partial charge in [-0.25, -0.2) is 18.6 Å². The summed E-state index contributed by atoms with van der Waals surface area (Å²) in [7, 11) is 0. The number of aromatic nitrogens is 1. The Morgan fingerprint density at radius 1 is 1.16 bits per heavy atom. The van der Waals surface area contributed by atoms with Crippen molar-refractivity contribution < 1.29 is 23.1 Å². The topological polar surface area (TPSA) is 104 Å². The van der Waals surface area contributed by atoms with Crippen molar-refractivity contribution in [2.24, 2.45) is 0 Å². The molecular weight excluding hydrogens is 430 g/mol. The zero-order valence-electron chi connectivity index (χ0n) is 15.9. The van der Waals surface area contributed by atoms with Gasteiger partial charge in [-0.05, 0) is 48.9 Å². The maximum atomic E-state index is 13.6. The molecule has 2 aromatic carbocycles. The number of benzene rings is 2. The van der Waals surface area contributed by atoms with Crippen LogP contribution in [0.3, 0.4) is 0 Å². The van der Waals surface area contributed by atoms with Crippen molar-refractivity contribution in [3.8, 4) is 17.7 Å². The molecule has 1 heterocycles. The summed E-state index contributed by atoms with van der Waals surface area (Å²) in [6.45, 7) is 1.69. The fourth-order valence-corrected chi connectivity index (χ4v) is 2.76. The Bertz CT molecular complexity index is 1210. The summed E-state index contributed by atoms with van der Waals surface area (Å²) in [6, 6.07) is 9.82. The number of anilines is 1. The van der Waals surface area contributed by atoms with Gasteiger partial charge < -0.3 is 10.1 Å². The van der Waals surface area contributed by atoms with Crippen molar-refractivity contribution in [2.45, 2.75) is 6.92 Å². The zero-order valence-corrected chi connectivity index (χ0v) is 16.6. The molecule has 0 aliphatic heterocycles. The zero-order chi connectivity index (χ0) is 22.5. The fourth-order valence-electron chi connectivity index (χ4n) is 2.55. The Balaban J connectivity index is 1.68. The first-order valence-electron chi connectivity index (χ1n) is 8.69. The molecule has 2 N–H and O–H groups in total. The molecule has 0 aliphatic carbocycles. The lowest BCUT2D eigenvalue weighted by Crippen LogP contribution is -2.35. The van der Waals surface area contributed by atoms with Gasteiger partial charge in [-0.1, -0.05) is 17.7 Å². The number of ether oxygens (including phenoxy) is 1. The number of halogens is 3. The molecule has 3 aromatic rings. The van der Waals surface area contributed by atoms with Gasteiger partial charge in [0, 0.05) is 11.9 Å². The number of nitrogens with zero attached hydrogens (tertiary/aromatic N) is 2. The Morgan fingerprint density at radius 2 is 1.87 bits per heavy atom. The molecule has 0 aliphatic rings. The summed E-state index contributed by atoms with van der Waals surface area (Å²) in [5.74, 6) is -2.91. The predicted molar refractivity (Wildman–Crippen MR) is 108 cm³/mol. The van der Waals surface area contributed by atoms with Crippen LogP contribution in [-0.4, -0.2) is 16.9 Å². The number of nitriles is 1. The number of aryl methyl sites for hydroxylation is 1. The van der Waals surface area contributed by atoms with Crippen LogP contribution >= 0.6 is 11.6 Å². The molecule has 1 aromatic heterocycles. The van der Waals surface area contributed by atoms with Gasteiger partial charge in [0.2, 0.25) is 5.88 Å². The van der Waals surface area contributed by atoms with Crippen LogP contribution in [0.5, 0.6) is 11.6 Å². The number of pyridine rings is 1. The monoisotopic (exact) mass is 442 g/mol. The maximum absolute atomic E-state index is 13.6. The van der Waals surface area contributed by atoms with Gasteiger partial charge in [0.05, 0.1) is 5.56 Å². The third-order valence-corrected chi connectivity index (χ3v) is 4.26. The summed E-state index contributed by atoms with van der Waals surface area (Å²) < 4.78 is 32.9. The minimum absolute atomic E-state index is 0.0970. The summed E-state index contributed by atoms with van der Waals surface area (Å²) in [4.78, 5) is 28.0. The second-order valence-electron chi connectivity index (χ2n) is 6.21. The Hall–Kier alpha value is -4.03. The predicted octanol–water partition coefficient (Wildman–Crippen LogP) is 4.95. The molecule has 0 saturated heterocycles. The number of urea groups is 1. The Morgan fingerprint density at radius 3 is 2.48 bits per heavy atom. The standard InChI is InChI=1S/C21H13ClF2N4O3/c1-11-7-13(5-6-17(11)31-20-14(22)8-12(9-25)10-26-20)27-21(30)28-19(29)18-15(23)3-2-4-16(18)24/h2-8,10H,1H3,(H2,27,28,29,30). The third-order valence-electron chi connectivity index (χ3n) is 3.99. The maximum Gasteiger partial charge on any atom is 0.326 e. The van der Waals surface area contributed by atoms with Crippen molar-refractivity contribution in [3.63, 3.8) is 0 Å². The van der Waals surface area contributed by atoms with Gasteiger partial charge in [-0.15, -0.1) is 0 Å². The van der Waals surface area contributed by atoms with Crippen LogP contribution in [0.2, 0.25) is 5.02 Å². The summed E-state index contributed by atoms with van der Waals surface area (Å²) in [5, 5.41) is 13.3. The average molecular weight is 443 g/mol. The molecule has 3 amide bonds. The van der Waals surface area contributed by atoms with E-state index in [2.05, 4.69) is 10.3 Å². The number of imide groups is 1. The smallest absolute Gasteiger partial charge is 0.326 e. The van der Waals surface area contributed by atoms with E-state index in [0.29, 0.717) is 17.0 Å². The van der Waals surface area contributed by atoms with Crippen molar-refractivity contribution in [2.75, 3.05) is 5.32 Å². The van der Waals surface area contributed by atoms with Crippen LogP contribution in [0.1, 0.15) is 21.5 Å². The number of hydrogen-bond donors (Lipinski definition) is 2. The first-order chi connectivity index (χ1) is 14.8.